The molecule has 2 atom stereocenters. The van der Waals surface area contributed by atoms with E-state index in [1.165, 1.54) is 26.9 Å². The number of likely N-dealkylation sites (tertiary alicyclic amines) is 1. The number of nitrogens with one attached hydrogen (secondary N) is 1. The van der Waals surface area contributed by atoms with Crippen molar-refractivity contribution in [2.45, 2.75) is 58.0 Å². The van der Waals surface area contributed by atoms with Gasteiger partial charge in [-0.15, -0.1) is 0 Å². The molecule has 1 aliphatic carbocycles. The molecule has 1 aromatic rings. The summed E-state index contributed by atoms with van der Waals surface area (Å²) in [5.41, 5.74) is 0.913. The van der Waals surface area contributed by atoms with Gasteiger partial charge in [0.2, 0.25) is 5.91 Å². The Labute approximate surface area is 179 Å². The van der Waals surface area contributed by atoms with Crippen molar-refractivity contribution in [1.29, 1.82) is 0 Å². The van der Waals surface area contributed by atoms with E-state index in [0.717, 1.165) is 36.3 Å². The molecule has 1 N–H and O–H groups in total. The summed E-state index contributed by atoms with van der Waals surface area (Å²) in [6, 6.07) is 6.08. The molecule has 2 aliphatic rings. The molecule has 0 aromatic heterocycles. The Hall–Kier alpha value is -2.44. The Morgan fingerprint density at radius 2 is 1.93 bits per heavy atom. The van der Waals surface area contributed by atoms with E-state index in [2.05, 4.69) is 24.4 Å². The van der Waals surface area contributed by atoms with Gasteiger partial charge in [0, 0.05) is 32.5 Å². The van der Waals surface area contributed by atoms with Crippen LogP contribution in [-0.2, 0) is 9.53 Å². The minimum Gasteiger partial charge on any atom is -0.493 e. The Kier molecular flexibility index (Phi) is 7.10. The first-order chi connectivity index (χ1) is 14.4. The first-order valence-electron chi connectivity index (χ1n) is 10.8. The number of nitrogens with zero attached hydrogens (tertiary/aromatic N) is 1. The summed E-state index contributed by atoms with van der Waals surface area (Å²) in [5.74, 6) is 1.55. The van der Waals surface area contributed by atoms with Crippen molar-refractivity contribution in [1.82, 2.24) is 10.2 Å². The molecule has 3 rings (SSSR count). The van der Waals surface area contributed by atoms with Crippen molar-refractivity contribution in [2.24, 2.45) is 5.41 Å². The van der Waals surface area contributed by atoms with Gasteiger partial charge in [-0.2, -0.15) is 0 Å². The monoisotopic (exact) mass is 418 g/mol. The quantitative estimate of drug-likeness (QED) is 0.730. The van der Waals surface area contributed by atoms with E-state index in [9.17, 15) is 9.59 Å². The van der Waals surface area contributed by atoms with Crippen LogP contribution in [0.4, 0.5) is 4.79 Å². The van der Waals surface area contributed by atoms with Crippen molar-refractivity contribution in [2.75, 3.05) is 33.9 Å². The molecule has 0 unspecified atom stereocenters. The van der Waals surface area contributed by atoms with Gasteiger partial charge in [-0.25, -0.2) is 4.79 Å². The highest BCUT2D eigenvalue weighted by Gasteiger charge is 2.45. The van der Waals surface area contributed by atoms with Gasteiger partial charge < -0.3 is 24.4 Å². The zero-order valence-electron chi connectivity index (χ0n) is 18.5. The molecule has 0 bridgehead atoms. The molecule has 7 nitrogen and oxygen atoms in total. The highest BCUT2D eigenvalue weighted by Crippen LogP contribution is 2.47. The number of hydrogen-bond acceptors (Lipinski definition) is 5. The summed E-state index contributed by atoms with van der Waals surface area (Å²) in [6.07, 6.45) is 5.21. The number of amides is 2. The maximum absolute atomic E-state index is 12.2. The molecular weight excluding hydrogens is 384 g/mol. The molecule has 1 aliphatic heterocycles. The minimum atomic E-state index is -0.320. The summed E-state index contributed by atoms with van der Waals surface area (Å²) in [5, 5.41) is 2.89. The number of methoxy groups -OCH3 is 2. The lowest BCUT2D eigenvalue weighted by molar-refractivity contribution is -0.119. The van der Waals surface area contributed by atoms with Crippen LogP contribution in [-0.4, -0.2) is 56.9 Å². The fourth-order valence-electron chi connectivity index (χ4n) is 4.79. The number of ether oxygens (including phenoxy) is 3. The van der Waals surface area contributed by atoms with Gasteiger partial charge in [-0.3, -0.25) is 4.79 Å². The van der Waals surface area contributed by atoms with Gasteiger partial charge in [0.05, 0.1) is 20.3 Å². The van der Waals surface area contributed by atoms with E-state index < -0.39 is 0 Å². The average molecular weight is 419 g/mol. The zero-order valence-corrected chi connectivity index (χ0v) is 18.5. The lowest BCUT2D eigenvalue weighted by atomic mass is 9.73. The van der Waals surface area contributed by atoms with Crippen LogP contribution in [0.15, 0.2) is 18.2 Å². The summed E-state index contributed by atoms with van der Waals surface area (Å²) < 4.78 is 16.8. The predicted octanol–water partition coefficient (Wildman–Crippen LogP) is 3.71. The van der Waals surface area contributed by atoms with Crippen LogP contribution in [0.2, 0.25) is 0 Å². The summed E-state index contributed by atoms with van der Waals surface area (Å²) >= 11 is 0. The van der Waals surface area contributed by atoms with E-state index in [0.29, 0.717) is 19.6 Å². The molecule has 166 valence electrons. The molecule has 1 heterocycles. The standard InChI is InChI=1S/C23H34N2O5/c1-16(26)24-12-11-23(2)15-25(22(27)29-4)14-19(23)17-9-10-20(28-3)21(13-17)30-18-7-5-6-8-18/h9-10,13,18-19H,5-8,11-12,14-15H2,1-4H3,(H,24,26)/t19-,23+/m0/s1. The van der Waals surface area contributed by atoms with Crippen LogP contribution in [0, 0.1) is 5.41 Å². The van der Waals surface area contributed by atoms with E-state index in [1.54, 1.807) is 12.0 Å². The Balaban J connectivity index is 1.86. The smallest absolute Gasteiger partial charge is 0.409 e. The van der Waals surface area contributed by atoms with Crippen LogP contribution >= 0.6 is 0 Å². The van der Waals surface area contributed by atoms with Gasteiger partial charge in [0.25, 0.3) is 0 Å². The third-order valence-corrected chi connectivity index (χ3v) is 6.49. The van der Waals surface area contributed by atoms with Crippen molar-refractivity contribution < 1.29 is 23.8 Å². The van der Waals surface area contributed by atoms with Crippen molar-refractivity contribution >= 4 is 12.0 Å². The second kappa shape index (κ2) is 9.58. The molecule has 7 heteroatoms. The van der Waals surface area contributed by atoms with Crippen molar-refractivity contribution in [3.63, 3.8) is 0 Å². The maximum Gasteiger partial charge on any atom is 0.409 e. The molecule has 0 radical (unpaired) electrons. The molecule has 2 fully saturated rings. The van der Waals surface area contributed by atoms with Gasteiger partial charge >= 0.3 is 6.09 Å². The van der Waals surface area contributed by atoms with E-state index in [1.807, 2.05) is 6.07 Å². The zero-order chi connectivity index (χ0) is 21.7. The van der Waals surface area contributed by atoms with Crippen LogP contribution in [0.1, 0.15) is 57.4 Å². The Bertz CT molecular complexity index is 762. The molecule has 30 heavy (non-hydrogen) atoms. The van der Waals surface area contributed by atoms with Crippen LogP contribution < -0.4 is 14.8 Å². The summed E-state index contributed by atoms with van der Waals surface area (Å²) in [6.45, 7) is 5.40. The van der Waals surface area contributed by atoms with E-state index >= 15 is 0 Å². The molecule has 2 amide bonds. The maximum atomic E-state index is 12.2. The van der Waals surface area contributed by atoms with Gasteiger partial charge in [-0.1, -0.05) is 13.0 Å². The largest absolute Gasteiger partial charge is 0.493 e. The number of hydrogen-bond donors (Lipinski definition) is 1. The Morgan fingerprint density at radius 3 is 2.57 bits per heavy atom. The first-order valence-corrected chi connectivity index (χ1v) is 10.8. The molecule has 1 saturated carbocycles. The highest BCUT2D eigenvalue weighted by atomic mass is 16.5. The third kappa shape index (κ3) is 4.99. The Morgan fingerprint density at radius 1 is 1.20 bits per heavy atom. The molecule has 0 spiro atoms. The topological polar surface area (TPSA) is 77.1 Å². The van der Waals surface area contributed by atoms with Crippen molar-refractivity contribution in [3.8, 4) is 11.5 Å². The fraction of sp³-hybridized carbons (Fsp3) is 0.652. The lowest BCUT2D eigenvalue weighted by Crippen LogP contribution is -2.34. The number of carbonyl (C=O) groups excluding carboxylic acids is 2. The second-order valence-corrected chi connectivity index (χ2v) is 8.72. The van der Waals surface area contributed by atoms with E-state index in [-0.39, 0.29) is 29.4 Å². The minimum absolute atomic E-state index is 0.0466. The molecular formula is C23H34N2O5. The van der Waals surface area contributed by atoms with E-state index in [4.69, 9.17) is 14.2 Å². The number of carbonyl (C=O) groups is 2. The summed E-state index contributed by atoms with van der Waals surface area (Å²) in [4.78, 5) is 25.3. The van der Waals surface area contributed by atoms with Gasteiger partial charge in [0.1, 0.15) is 0 Å². The van der Waals surface area contributed by atoms with Crippen molar-refractivity contribution in [3.05, 3.63) is 23.8 Å². The third-order valence-electron chi connectivity index (χ3n) is 6.49. The predicted molar refractivity (Wildman–Crippen MR) is 114 cm³/mol. The van der Waals surface area contributed by atoms with Gasteiger partial charge in [-0.05, 0) is 55.2 Å². The van der Waals surface area contributed by atoms with Crippen LogP contribution in [0.25, 0.3) is 0 Å². The van der Waals surface area contributed by atoms with Crippen LogP contribution in [0.5, 0.6) is 11.5 Å². The number of rotatable bonds is 7. The fourth-order valence-corrected chi connectivity index (χ4v) is 4.79. The first kappa shape index (κ1) is 22.2. The molecule has 1 aromatic carbocycles. The SMILES string of the molecule is COC(=O)N1C[C@@H](c2ccc(OC)c(OC3CCCC3)c2)[C@](C)(CCNC(C)=O)C1. The second-order valence-electron chi connectivity index (χ2n) is 8.72. The van der Waals surface area contributed by atoms with Gasteiger partial charge in [0.15, 0.2) is 11.5 Å². The lowest BCUT2D eigenvalue weighted by Gasteiger charge is -2.31. The highest BCUT2D eigenvalue weighted by molar-refractivity contribution is 5.72. The number of benzene rings is 1. The molecule has 1 saturated heterocycles. The normalized spacial score (nSPS) is 24.0. The van der Waals surface area contributed by atoms with Crippen LogP contribution in [0.3, 0.4) is 0 Å². The average Bonchev–Trinajstić information content (AvgIpc) is 3.35. The summed E-state index contributed by atoms with van der Waals surface area (Å²) in [7, 11) is 3.06.